The highest BCUT2D eigenvalue weighted by molar-refractivity contribution is 4.34. The summed E-state index contributed by atoms with van der Waals surface area (Å²) in [5, 5.41) is 0. The fourth-order valence-electron chi connectivity index (χ4n) is 0. The van der Waals surface area contributed by atoms with Crippen molar-refractivity contribution in [2.24, 2.45) is 29.6 Å². The van der Waals surface area contributed by atoms with E-state index in [1.165, 1.54) is 51.4 Å². The van der Waals surface area contributed by atoms with E-state index in [0.29, 0.717) is 0 Å². The van der Waals surface area contributed by atoms with Gasteiger partial charge in [0.15, 0.2) is 0 Å². The van der Waals surface area contributed by atoms with Crippen molar-refractivity contribution in [2.45, 2.75) is 197 Å². The summed E-state index contributed by atoms with van der Waals surface area (Å²) in [5.74, 6) is 4.42. The van der Waals surface area contributed by atoms with Crippen LogP contribution in [0, 0.1) is 29.6 Å². The summed E-state index contributed by atoms with van der Waals surface area (Å²) in [6, 6.07) is 0. The smallest absolute Gasteiger partial charge is 0.0474 e. The van der Waals surface area contributed by atoms with Crippen LogP contribution >= 0.6 is 0 Å². The Hall–Kier alpha value is 0. The van der Waals surface area contributed by atoms with Gasteiger partial charge in [-0.05, 0) is 29.6 Å². The number of hydrogen-bond acceptors (Lipinski definition) is 0. The molecule has 0 nitrogen and oxygen atoms in total. The third kappa shape index (κ3) is 308. The summed E-state index contributed by atoms with van der Waals surface area (Å²) in [6.07, 6.45) is 10.3. The Morgan fingerprint density at radius 3 is 0.265 bits per heavy atom. The third-order valence-corrected chi connectivity index (χ3v) is 4.08. The first-order valence-corrected chi connectivity index (χ1v) is 15.6. The maximum Gasteiger partial charge on any atom is -0.0474 e. The molecule has 0 saturated heterocycles. The second kappa shape index (κ2) is 63.9. The monoisotopic (exact) mass is 493 g/mol. The van der Waals surface area contributed by atoms with Gasteiger partial charge in [0.05, 0.1) is 0 Å². The zero-order valence-corrected chi connectivity index (χ0v) is 29.5. The lowest BCUT2D eigenvalue weighted by atomic mass is 10.2. The van der Waals surface area contributed by atoms with Gasteiger partial charge in [-0.15, -0.1) is 0 Å². The lowest BCUT2D eigenvalue weighted by Crippen LogP contribution is -1.77. The average Bonchev–Trinajstić information content (AvgIpc) is 2.76. The van der Waals surface area contributed by atoms with E-state index in [1.807, 2.05) is 0 Å². The summed E-state index contributed by atoms with van der Waals surface area (Å²) in [5.41, 5.74) is 0. The van der Waals surface area contributed by atoms with Crippen molar-refractivity contribution in [3.05, 3.63) is 0 Å². The summed E-state index contributed by atoms with van der Waals surface area (Å²) < 4.78 is 0. The first kappa shape index (κ1) is 54.8. The summed E-state index contributed by atoms with van der Waals surface area (Å²) in [4.78, 5) is 0. The second-order valence-corrected chi connectivity index (χ2v) is 11.1. The first-order chi connectivity index (χ1) is 15.6. The highest BCUT2D eigenvalue weighted by Gasteiger charge is 1.81. The SMILES string of the molecule is CCC.CCC.CCC.CCC(C)C.CCC(C)C.CCC(C)C.CCC(C)C.CCC(C)C. The van der Waals surface area contributed by atoms with Gasteiger partial charge in [0, 0.05) is 0 Å². The van der Waals surface area contributed by atoms with Crippen LogP contribution in [-0.2, 0) is 0 Å². The molecule has 0 fully saturated rings. The molecule has 0 amide bonds. The molecule has 0 unspecified atom stereocenters. The fourth-order valence-corrected chi connectivity index (χ4v) is 0. The van der Waals surface area contributed by atoms with Gasteiger partial charge in [0.1, 0.15) is 0 Å². The molecule has 0 radical (unpaired) electrons. The van der Waals surface area contributed by atoms with E-state index < -0.39 is 0 Å². The van der Waals surface area contributed by atoms with E-state index in [0.717, 1.165) is 29.6 Å². The predicted octanol–water partition coefficient (Wildman–Crippen LogP) is 14.5. The molecule has 0 heterocycles. The van der Waals surface area contributed by atoms with Gasteiger partial charge in [0.25, 0.3) is 0 Å². The third-order valence-electron chi connectivity index (χ3n) is 4.08. The van der Waals surface area contributed by atoms with Crippen LogP contribution in [0.4, 0.5) is 0 Å². The molecule has 0 rings (SSSR count). The molecule has 34 heavy (non-hydrogen) atoms. The molecule has 0 aliphatic carbocycles. The molecule has 0 heteroatoms. The fraction of sp³-hybridized carbons (Fsp3) is 1.00. The van der Waals surface area contributed by atoms with E-state index in [1.54, 1.807) is 0 Å². The molecular weight excluding hydrogens is 408 g/mol. The van der Waals surface area contributed by atoms with Crippen molar-refractivity contribution in [1.82, 2.24) is 0 Å². The van der Waals surface area contributed by atoms with E-state index in [2.05, 4.69) is 145 Å². The van der Waals surface area contributed by atoms with Gasteiger partial charge >= 0.3 is 0 Å². The Morgan fingerprint density at radius 2 is 0.265 bits per heavy atom. The molecule has 0 N–H and O–H groups in total. The predicted molar refractivity (Wildman–Crippen MR) is 174 cm³/mol. The molecule has 0 spiro atoms. The highest BCUT2D eigenvalue weighted by Crippen LogP contribution is 1.95. The molecule has 0 atom stereocenters. The number of hydrogen-bond donors (Lipinski definition) is 0. The molecule has 0 aromatic rings. The summed E-state index contributed by atoms with van der Waals surface area (Å²) >= 11 is 0. The van der Waals surface area contributed by atoms with Crippen LogP contribution in [0.15, 0.2) is 0 Å². The summed E-state index contributed by atoms with van der Waals surface area (Å²) in [6.45, 7) is 46.0. The quantitative estimate of drug-likeness (QED) is 0.358. The van der Waals surface area contributed by atoms with Crippen molar-refractivity contribution >= 4 is 0 Å². The van der Waals surface area contributed by atoms with Gasteiger partial charge < -0.3 is 0 Å². The minimum atomic E-state index is 0.884. The zero-order chi connectivity index (χ0) is 29.5. The lowest BCUT2D eigenvalue weighted by molar-refractivity contribution is 0.626. The van der Waals surface area contributed by atoms with Crippen LogP contribution in [-0.4, -0.2) is 0 Å². The zero-order valence-electron chi connectivity index (χ0n) is 29.5. The topological polar surface area (TPSA) is 0 Å². The molecule has 0 aromatic heterocycles. The van der Waals surface area contributed by atoms with Gasteiger partial charge in [-0.1, -0.05) is 197 Å². The normalized spacial score (nSPS) is 8.65. The number of rotatable bonds is 5. The van der Waals surface area contributed by atoms with Crippen LogP contribution in [0.3, 0.4) is 0 Å². The van der Waals surface area contributed by atoms with Crippen molar-refractivity contribution in [3.8, 4) is 0 Å². The molecule has 0 saturated carbocycles. The van der Waals surface area contributed by atoms with E-state index >= 15 is 0 Å². The maximum atomic E-state index is 2.22. The van der Waals surface area contributed by atoms with Gasteiger partial charge in [0.2, 0.25) is 0 Å². The largest absolute Gasteiger partial charge is 0.0656 e. The van der Waals surface area contributed by atoms with Crippen LogP contribution in [0.2, 0.25) is 0 Å². The Labute approximate surface area is 226 Å². The maximum absolute atomic E-state index is 2.22. The average molecular weight is 493 g/mol. The Kier molecular flexibility index (Phi) is 103. The highest BCUT2D eigenvalue weighted by atomic mass is 13.9. The molecule has 0 bridgehead atoms. The molecular formula is C34H84. The molecule has 0 aromatic carbocycles. The Balaban J connectivity index is -0.0000000383. The van der Waals surface area contributed by atoms with E-state index in [4.69, 9.17) is 0 Å². The van der Waals surface area contributed by atoms with Crippen molar-refractivity contribution in [1.29, 1.82) is 0 Å². The van der Waals surface area contributed by atoms with Crippen molar-refractivity contribution in [3.63, 3.8) is 0 Å². The van der Waals surface area contributed by atoms with E-state index in [9.17, 15) is 0 Å². The lowest BCUT2D eigenvalue weighted by Gasteiger charge is -1.90. The van der Waals surface area contributed by atoms with Crippen molar-refractivity contribution in [2.75, 3.05) is 0 Å². The van der Waals surface area contributed by atoms with E-state index in [-0.39, 0.29) is 0 Å². The second-order valence-electron chi connectivity index (χ2n) is 11.1. The minimum Gasteiger partial charge on any atom is -0.0656 e. The first-order valence-electron chi connectivity index (χ1n) is 15.6. The Bertz CT molecular complexity index is 147. The standard InChI is InChI=1S/5C5H12.3C3H8/c5*1-4-5(2)3;3*1-3-2/h5*5H,4H2,1-3H3;3*3H2,1-2H3. The van der Waals surface area contributed by atoms with Crippen LogP contribution in [0.1, 0.15) is 197 Å². The molecule has 0 aliphatic rings. The van der Waals surface area contributed by atoms with Crippen LogP contribution < -0.4 is 0 Å². The minimum absolute atomic E-state index is 0.884. The van der Waals surface area contributed by atoms with Gasteiger partial charge in [-0.25, -0.2) is 0 Å². The summed E-state index contributed by atoms with van der Waals surface area (Å²) in [7, 11) is 0. The van der Waals surface area contributed by atoms with Crippen molar-refractivity contribution < 1.29 is 0 Å². The van der Waals surface area contributed by atoms with Crippen LogP contribution in [0.5, 0.6) is 0 Å². The molecule has 220 valence electrons. The molecule has 0 aliphatic heterocycles. The van der Waals surface area contributed by atoms with Gasteiger partial charge in [-0.3, -0.25) is 0 Å². The Morgan fingerprint density at radius 1 is 0.235 bits per heavy atom. The van der Waals surface area contributed by atoms with Crippen LogP contribution in [0.25, 0.3) is 0 Å². The van der Waals surface area contributed by atoms with Gasteiger partial charge in [-0.2, -0.15) is 0 Å².